The zero-order valence-corrected chi connectivity index (χ0v) is 14.0. The Hall–Kier alpha value is -0.910. The molecule has 1 aliphatic rings. The quantitative estimate of drug-likeness (QED) is 0.846. The fraction of sp³-hybridized carbons (Fsp3) is 0.688. The molecule has 1 aromatic heterocycles. The van der Waals surface area contributed by atoms with E-state index in [0.717, 1.165) is 25.9 Å². The molecule has 1 amide bonds. The Morgan fingerprint density at radius 2 is 2.19 bits per heavy atom. The normalized spacial score (nSPS) is 18.4. The number of piperidine rings is 1. The zero-order valence-electron chi connectivity index (χ0n) is 13.2. The van der Waals surface area contributed by atoms with Crippen LogP contribution in [0.15, 0.2) is 17.5 Å². The van der Waals surface area contributed by atoms with Gasteiger partial charge in [-0.15, -0.1) is 11.3 Å². The van der Waals surface area contributed by atoms with Crippen LogP contribution < -0.4 is 10.6 Å². The van der Waals surface area contributed by atoms with Crippen LogP contribution in [0, 0.1) is 5.41 Å². The van der Waals surface area contributed by atoms with E-state index in [9.17, 15) is 4.79 Å². The third-order valence-corrected chi connectivity index (χ3v) is 5.58. The molecule has 0 unspecified atom stereocenters. The largest absolute Gasteiger partial charge is 0.384 e. The van der Waals surface area contributed by atoms with E-state index < -0.39 is 0 Å². The molecule has 0 saturated carbocycles. The van der Waals surface area contributed by atoms with Crippen molar-refractivity contribution in [2.45, 2.75) is 32.1 Å². The highest BCUT2D eigenvalue weighted by atomic mass is 32.1. The summed E-state index contributed by atoms with van der Waals surface area (Å²) in [5.74, 6) is 0.135. The number of ether oxygens (including phenoxy) is 1. The van der Waals surface area contributed by atoms with Crippen LogP contribution in [-0.2, 0) is 14.9 Å². The Morgan fingerprint density at radius 3 is 2.76 bits per heavy atom. The molecule has 1 aliphatic heterocycles. The molecular weight excluding hydrogens is 284 g/mol. The number of hydrogen-bond acceptors (Lipinski definition) is 4. The van der Waals surface area contributed by atoms with Crippen LogP contribution in [0.3, 0.4) is 0 Å². The van der Waals surface area contributed by atoms with Crippen molar-refractivity contribution in [1.29, 1.82) is 0 Å². The Kier molecular flexibility index (Phi) is 5.41. The molecule has 118 valence electrons. The van der Waals surface area contributed by atoms with Gasteiger partial charge in [0.15, 0.2) is 0 Å². The van der Waals surface area contributed by atoms with Crippen LogP contribution in [0.2, 0.25) is 0 Å². The second-order valence-electron chi connectivity index (χ2n) is 6.51. The maximum Gasteiger partial charge on any atom is 0.228 e. The summed E-state index contributed by atoms with van der Waals surface area (Å²) in [6.07, 6.45) is 1.68. The molecule has 0 bridgehead atoms. The second kappa shape index (κ2) is 6.90. The van der Waals surface area contributed by atoms with Crippen molar-refractivity contribution in [2.75, 3.05) is 33.4 Å². The predicted octanol–water partition coefficient (Wildman–Crippen LogP) is 2.16. The summed E-state index contributed by atoms with van der Waals surface area (Å²) in [6, 6.07) is 4.19. The lowest BCUT2D eigenvalue weighted by Crippen LogP contribution is -2.52. The molecule has 0 spiro atoms. The van der Waals surface area contributed by atoms with Crippen LogP contribution in [-0.4, -0.2) is 39.3 Å². The molecule has 0 atom stereocenters. The van der Waals surface area contributed by atoms with E-state index in [1.807, 2.05) is 0 Å². The van der Waals surface area contributed by atoms with E-state index >= 15 is 0 Å². The number of amides is 1. The molecule has 1 aromatic rings. The summed E-state index contributed by atoms with van der Waals surface area (Å²) >= 11 is 1.74. The Labute approximate surface area is 131 Å². The fourth-order valence-electron chi connectivity index (χ4n) is 2.86. The van der Waals surface area contributed by atoms with E-state index in [2.05, 4.69) is 42.0 Å². The minimum absolute atomic E-state index is 0.0367. The van der Waals surface area contributed by atoms with Crippen molar-refractivity contribution in [3.05, 3.63) is 22.4 Å². The molecule has 21 heavy (non-hydrogen) atoms. The van der Waals surface area contributed by atoms with Gasteiger partial charge in [-0.2, -0.15) is 0 Å². The van der Waals surface area contributed by atoms with Crippen molar-refractivity contribution in [3.63, 3.8) is 0 Å². The fourth-order valence-corrected chi connectivity index (χ4v) is 3.71. The Balaban J connectivity index is 1.99. The average Bonchev–Trinajstić information content (AvgIpc) is 3.01. The van der Waals surface area contributed by atoms with Crippen LogP contribution in [0.4, 0.5) is 0 Å². The number of nitrogens with one attached hydrogen (secondary N) is 2. The molecule has 1 fully saturated rings. The van der Waals surface area contributed by atoms with Crippen molar-refractivity contribution < 1.29 is 9.53 Å². The highest BCUT2D eigenvalue weighted by Gasteiger charge is 2.40. The third kappa shape index (κ3) is 3.84. The van der Waals surface area contributed by atoms with Crippen molar-refractivity contribution >= 4 is 17.2 Å². The van der Waals surface area contributed by atoms with Gasteiger partial charge in [0.2, 0.25) is 5.91 Å². The summed E-state index contributed by atoms with van der Waals surface area (Å²) in [5.41, 5.74) is -0.406. The second-order valence-corrected chi connectivity index (χ2v) is 7.45. The molecule has 0 aliphatic carbocycles. The Bertz CT molecular complexity index is 445. The molecule has 2 rings (SSSR count). The number of thiophene rings is 1. The van der Waals surface area contributed by atoms with Crippen molar-refractivity contribution in [2.24, 2.45) is 5.41 Å². The molecule has 2 N–H and O–H groups in total. The Morgan fingerprint density at radius 1 is 1.48 bits per heavy atom. The molecule has 0 aromatic carbocycles. The maximum atomic E-state index is 12.7. The SMILES string of the molecule is COCC1(C(=O)NCC(C)(C)c2cccs2)CCNCC1. The van der Waals surface area contributed by atoms with Gasteiger partial charge in [0, 0.05) is 23.9 Å². The van der Waals surface area contributed by atoms with Gasteiger partial charge in [-0.25, -0.2) is 0 Å². The van der Waals surface area contributed by atoms with Gasteiger partial charge in [-0.05, 0) is 37.4 Å². The smallest absolute Gasteiger partial charge is 0.228 e. The average molecular weight is 310 g/mol. The summed E-state index contributed by atoms with van der Waals surface area (Å²) in [5, 5.41) is 8.56. The van der Waals surface area contributed by atoms with E-state index in [-0.39, 0.29) is 16.7 Å². The molecule has 0 radical (unpaired) electrons. The summed E-state index contributed by atoms with van der Waals surface area (Å²) in [7, 11) is 1.67. The lowest BCUT2D eigenvalue weighted by atomic mass is 9.78. The minimum Gasteiger partial charge on any atom is -0.384 e. The van der Waals surface area contributed by atoms with Gasteiger partial charge in [-0.3, -0.25) is 4.79 Å². The third-order valence-electron chi connectivity index (χ3n) is 4.34. The monoisotopic (exact) mass is 310 g/mol. The summed E-state index contributed by atoms with van der Waals surface area (Å²) < 4.78 is 5.32. The molecule has 4 nitrogen and oxygen atoms in total. The minimum atomic E-state index is -0.370. The summed E-state index contributed by atoms with van der Waals surface area (Å²) in [4.78, 5) is 14.0. The number of methoxy groups -OCH3 is 1. The van der Waals surface area contributed by atoms with Crippen LogP contribution >= 0.6 is 11.3 Å². The van der Waals surface area contributed by atoms with E-state index in [4.69, 9.17) is 4.74 Å². The molecule has 5 heteroatoms. The van der Waals surface area contributed by atoms with Gasteiger partial charge in [-0.1, -0.05) is 19.9 Å². The first-order chi connectivity index (χ1) is 10.0. The number of hydrogen-bond donors (Lipinski definition) is 2. The first kappa shape index (κ1) is 16.5. The van der Waals surface area contributed by atoms with Crippen LogP contribution in [0.25, 0.3) is 0 Å². The lowest BCUT2D eigenvalue weighted by Gasteiger charge is -2.36. The first-order valence-electron chi connectivity index (χ1n) is 7.52. The predicted molar refractivity (Wildman–Crippen MR) is 86.8 cm³/mol. The first-order valence-corrected chi connectivity index (χ1v) is 8.40. The molecule has 2 heterocycles. The van der Waals surface area contributed by atoms with E-state index in [1.165, 1.54) is 4.88 Å². The summed E-state index contributed by atoms with van der Waals surface area (Å²) in [6.45, 7) is 7.26. The maximum absolute atomic E-state index is 12.7. The van der Waals surface area contributed by atoms with Crippen LogP contribution in [0.1, 0.15) is 31.6 Å². The number of carbonyl (C=O) groups excluding carboxylic acids is 1. The number of carbonyl (C=O) groups is 1. The van der Waals surface area contributed by atoms with Gasteiger partial charge >= 0.3 is 0 Å². The number of rotatable bonds is 6. The molecule has 1 saturated heterocycles. The van der Waals surface area contributed by atoms with Crippen LogP contribution in [0.5, 0.6) is 0 Å². The van der Waals surface area contributed by atoms with Gasteiger partial charge < -0.3 is 15.4 Å². The zero-order chi connectivity index (χ0) is 15.3. The van der Waals surface area contributed by atoms with Crippen molar-refractivity contribution in [1.82, 2.24) is 10.6 Å². The van der Waals surface area contributed by atoms with Crippen molar-refractivity contribution in [3.8, 4) is 0 Å². The van der Waals surface area contributed by atoms with Gasteiger partial charge in [0.05, 0.1) is 12.0 Å². The highest BCUT2D eigenvalue weighted by Crippen LogP contribution is 2.31. The van der Waals surface area contributed by atoms with E-state index in [0.29, 0.717) is 13.2 Å². The standard InChI is InChI=1S/C16H26N2O2S/c1-15(2,13-5-4-10-21-13)11-18-14(19)16(12-20-3)6-8-17-9-7-16/h4-5,10,17H,6-9,11-12H2,1-3H3,(H,18,19). The molecular formula is C16H26N2O2S. The lowest BCUT2D eigenvalue weighted by molar-refractivity contribution is -0.136. The van der Waals surface area contributed by atoms with Gasteiger partial charge in [0.25, 0.3) is 0 Å². The topological polar surface area (TPSA) is 50.4 Å². The van der Waals surface area contributed by atoms with Gasteiger partial charge in [0.1, 0.15) is 0 Å². The highest BCUT2D eigenvalue weighted by molar-refractivity contribution is 7.10. The van der Waals surface area contributed by atoms with E-state index in [1.54, 1.807) is 18.4 Å².